The molecule has 0 nitrogen and oxygen atoms in total. The number of allylic oxidation sites excluding steroid dienone is 4. The van der Waals surface area contributed by atoms with E-state index in [0.717, 1.165) is 5.56 Å². The summed E-state index contributed by atoms with van der Waals surface area (Å²) in [4.78, 5) is 0. The van der Waals surface area contributed by atoms with Crippen molar-refractivity contribution in [2.24, 2.45) is 0 Å². The molecule has 15 rings (SSSR count). The minimum atomic E-state index is -1.26. The van der Waals surface area contributed by atoms with Crippen molar-refractivity contribution in [1.29, 1.82) is 0 Å². The molecule has 2 aliphatic carbocycles. The van der Waals surface area contributed by atoms with Gasteiger partial charge in [0.15, 0.2) is 0 Å². The third kappa shape index (κ3) is 7.67. The topological polar surface area (TPSA) is 0 Å². The third-order valence-corrected chi connectivity index (χ3v) is 20.9. The number of rotatable bonds is 14. The normalized spacial score (nSPS) is 19.9. The third-order valence-electron chi connectivity index (χ3n) is 20.9. The zero-order valence-electron chi connectivity index (χ0n) is 50.4. The van der Waals surface area contributed by atoms with Crippen LogP contribution in [0.1, 0.15) is 78.2 Å². The predicted molar refractivity (Wildman–Crippen MR) is 372 cm³/mol. The summed E-state index contributed by atoms with van der Waals surface area (Å²) in [6, 6.07) is 152. The Morgan fingerprint density at radius 3 is 0.689 bits per heavy atom. The molecule has 0 saturated heterocycles. The van der Waals surface area contributed by atoms with Crippen molar-refractivity contribution in [3.05, 3.63) is 491 Å². The standard InChI is InChI=1S/C90H70/c1-14-40-70(41-15-1)83-66-67-85(73-46-20-4-21-47-73,89(79-58-32-10-33-59-79,80-60-34-11-35-61-80)87(83,75-50-24-6-25-51-75)76-52-26-7-27-53-76)86(74-48-22-5-23-49-74)69-68-84(71-42-16-2-17-43-71,72-44-18-3-19-45-72)88(77-54-28-8-29-55-77,78-56-30-9-31-57-78)90(86,81-62-36-12-37-63-81)82-64-38-13-39-65-82/h1-69,83H. The molecule has 0 fully saturated rings. The van der Waals surface area contributed by atoms with Crippen molar-refractivity contribution in [3.8, 4) is 0 Å². The van der Waals surface area contributed by atoms with Crippen LogP contribution in [0.3, 0.4) is 0 Å². The van der Waals surface area contributed by atoms with Crippen LogP contribution in [0, 0.1) is 0 Å². The Balaban J connectivity index is 1.36. The first-order valence-electron chi connectivity index (χ1n) is 31.8. The van der Waals surface area contributed by atoms with Gasteiger partial charge in [-0.2, -0.15) is 0 Å². The highest BCUT2D eigenvalue weighted by Crippen LogP contribution is 2.82. The monoisotopic (exact) mass is 1150 g/mol. The first kappa shape index (κ1) is 55.9. The molecule has 13 aromatic rings. The summed E-state index contributed by atoms with van der Waals surface area (Å²) in [5.74, 6) is -0.273. The SMILES string of the molecule is C1=CC(c2ccccc2)(C2(c3ccccc3)C=CC(c3ccccc3)(c3ccccc3)C(c3ccccc3)(c3ccccc3)C2(c2ccccc2)c2ccccc2)C(c2ccccc2)(c2ccccc2)C(c2ccccc2)(c2ccccc2)C1c1ccccc1. The molecule has 0 heteroatoms. The highest BCUT2D eigenvalue weighted by atomic mass is 14.8. The van der Waals surface area contributed by atoms with Crippen LogP contribution >= 0.6 is 0 Å². The fourth-order valence-electron chi connectivity index (χ4n) is 18.4. The molecule has 430 valence electrons. The van der Waals surface area contributed by atoms with Crippen molar-refractivity contribution >= 4 is 0 Å². The summed E-state index contributed by atoms with van der Waals surface area (Å²) in [5.41, 5.74) is 7.29. The van der Waals surface area contributed by atoms with E-state index in [0.29, 0.717) is 0 Å². The Morgan fingerprint density at radius 1 is 0.167 bits per heavy atom. The second kappa shape index (κ2) is 23.1. The van der Waals surface area contributed by atoms with Gasteiger partial charge in [-0.3, -0.25) is 0 Å². The maximum Gasteiger partial charge on any atom is 0.0531 e. The highest BCUT2D eigenvalue weighted by Gasteiger charge is 2.84. The molecular weight excluding hydrogens is 1080 g/mol. The van der Waals surface area contributed by atoms with Crippen LogP contribution in [0.4, 0.5) is 0 Å². The van der Waals surface area contributed by atoms with Gasteiger partial charge in [0.05, 0.1) is 10.8 Å². The van der Waals surface area contributed by atoms with Crippen LogP contribution in [0.25, 0.3) is 0 Å². The first-order chi connectivity index (χ1) is 44.7. The summed E-state index contributed by atoms with van der Waals surface area (Å²) in [5, 5.41) is 0. The van der Waals surface area contributed by atoms with Gasteiger partial charge in [0.25, 0.3) is 0 Å². The van der Waals surface area contributed by atoms with E-state index < -0.39 is 37.9 Å². The quantitative estimate of drug-likeness (QED) is 0.0952. The second-order valence-corrected chi connectivity index (χ2v) is 24.5. The zero-order chi connectivity index (χ0) is 60.4. The molecule has 0 radical (unpaired) electrons. The number of benzene rings is 13. The van der Waals surface area contributed by atoms with Gasteiger partial charge in [0.2, 0.25) is 0 Å². The van der Waals surface area contributed by atoms with Gasteiger partial charge in [-0.05, 0) is 72.3 Å². The Morgan fingerprint density at radius 2 is 0.389 bits per heavy atom. The largest absolute Gasteiger partial charge is 0.0788 e. The van der Waals surface area contributed by atoms with E-state index in [4.69, 9.17) is 0 Å². The van der Waals surface area contributed by atoms with Crippen molar-refractivity contribution in [3.63, 3.8) is 0 Å². The van der Waals surface area contributed by atoms with Crippen LogP contribution < -0.4 is 0 Å². The van der Waals surface area contributed by atoms with Gasteiger partial charge in [-0.25, -0.2) is 0 Å². The lowest BCUT2D eigenvalue weighted by atomic mass is 9.22. The molecule has 0 aliphatic heterocycles. The van der Waals surface area contributed by atoms with Crippen LogP contribution in [0.2, 0.25) is 0 Å². The molecule has 0 heterocycles. The fourth-order valence-corrected chi connectivity index (χ4v) is 18.4. The molecule has 3 unspecified atom stereocenters. The van der Waals surface area contributed by atoms with E-state index in [1.807, 2.05) is 0 Å². The molecule has 0 aromatic heterocycles. The molecule has 0 spiro atoms. The molecule has 0 amide bonds. The Labute approximate surface area is 531 Å². The summed E-state index contributed by atoms with van der Waals surface area (Å²) in [7, 11) is 0. The Kier molecular flexibility index (Phi) is 14.4. The minimum Gasteiger partial charge on any atom is -0.0788 e. The summed E-state index contributed by atoms with van der Waals surface area (Å²) < 4.78 is 0. The van der Waals surface area contributed by atoms with E-state index >= 15 is 0 Å². The van der Waals surface area contributed by atoms with Gasteiger partial charge < -0.3 is 0 Å². The maximum absolute atomic E-state index is 2.80. The molecule has 0 bridgehead atoms. The molecule has 13 aromatic carbocycles. The second-order valence-electron chi connectivity index (χ2n) is 24.5. The molecule has 2 aliphatic rings. The van der Waals surface area contributed by atoms with E-state index in [1.54, 1.807) is 0 Å². The number of hydrogen-bond donors (Lipinski definition) is 0. The van der Waals surface area contributed by atoms with Gasteiger partial charge >= 0.3 is 0 Å². The smallest absolute Gasteiger partial charge is 0.0531 e. The predicted octanol–water partition coefficient (Wildman–Crippen LogP) is 20.7. The average Bonchev–Trinajstić information content (AvgIpc) is 0.618. The lowest BCUT2D eigenvalue weighted by molar-refractivity contribution is 0.0254. The average molecular weight is 1150 g/mol. The van der Waals surface area contributed by atoms with E-state index in [1.165, 1.54) is 66.8 Å². The van der Waals surface area contributed by atoms with E-state index in [2.05, 4.69) is 419 Å². The van der Waals surface area contributed by atoms with Gasteiger partial charge in [0.1, 0.15) is 0 Å². The molecule has 0 N–H and O–H groups in total. The summed E-state index contributed by atoms with van der Waals surface area (Å²) in [6.07, 6.45) is 11.0. The van der Waals surface area contributed by atoms with Crippen LogP contribution in [0.15, 0.2) is 419 Å². The van der Waals surface area contributed by atoms with E-state index in [9.17, 15) is 0 Å². The van der Waals surface area contributed by atoms with Crippen molar-refractivity contribution in [2.75, 3.05) is 0 Å². The molecule has 90 heavy (non-hydrogen) atoms. The Bertz CT molecular complexity index is 4330. The van der Waals surface area contributed by atoms with Crippen LogP contribution in [0.5, 0.6) is 0 Å². The Hall–Kier alpha value is -10.7. The van der Waals surface area contributed by atoms with Gasteiger partial charge in [0, 0.05) is 33.0 Å². The lowest BCUT2D eigenvalue weighted by Gasteiger charge is -2.77. The first-order valence-corrected chi connectivity index (χ1v) is 31.8. The zero-order valence-corrected chi connectivity index (χ0v) is 50.4. The van der Waals surface area contributed by atoms with Crippen molar-refractivity contribution in [2.45, 2.75) is 43.8 Å². The lowest BCUT2D eigenvalue weighted by Crippen LogP contribution is -2.81. The van der Waals surface area contributed by atoms with Crippen LogP contribution in [-0.2, 0) is 37.9 Å². The fraction of sp³-hybridized carbons (Fsp3) is 0.0889. The molecular formula is C90H70. The summed E-state index contributed by atoms with van der Waals surface area (Å²) in [6.45, 7) is 0. The minimum absolute atomic E-state index is 0.273. The molecule has 3 atom stereocenters. The highest BCUT2D eigenvalue weighted by molar-refractivity contribution is 5.79. The van der Waals surface area contributed by atoms with Crippen LogP contribution in [-0.4, -0.2) is 0 Å². The maximum atomic E-state index is 2.80. The van der Waals surface area contributed by atoms with E-state index in [-0.39, 0.29) is 5.92 Å². The van der Waals surface area contributed by atoms with Gasteiger partial charge in [-0.15, -0.1) is 0 Å². The van der Waals surface area contributed by atoms with Crippen molar-refractivity contribution in [1.82, 2.24) is 0 Å². The van der Waals surface area contributed by atoms with Crippen molar-refractivity contribution < 1.29 is 0 Å². The summed E-state index contributed by atoms with van der Waals surface area (Å²) >= 11 is 0. The molecule has 0 saturated carbocycles. The van der Waals surface area contributed by atoms with Gasteiger partial charge in [-0.1, -0.05) is 419 Å². The number of hydrogen-bond acceptors (Lipinski definition) is 0.